The number of H-pyrrole nitrogens is 1. The molecule has 0 spiro atoms. The fourth-order valence-corrected chi connectivity index (χ4v) is 7.38. The average Bonchev–Trinajstić information content (AvgIpc) is 3.82. The number of amides is 5. The third kappa shape index (κ3) is 10.9. The topological polar surface area (TPSA) is 262 Å². The zero-order chi connectivity index (χ0) is 45.4. The van der Waals surface area contributed by atoms with Crippen LogP contribution in [-0.2, 0) is 25.6 Å². The highest BCUT2D eigenvalue weighted by Crippen LogP contribution is 2.39. The second kappa shape index (κ2) is 20.2. The highest BCUT2D eigenvalue weighted by Gasteiger charge is 2.36. The van der Waals surface area contributed by atoms with Crippen molar-refractivity contribution in [1.29, 1.82) is 0 Å². The molecule has 5 unspecified atom stereocenters. The number of halogens is 1. The second-order valence-electron chi connectivity index (χ2n) is 15.3. The van der Waals surface area contributed by atoms with Crippen molar-refractivity contribution in [1.82, 2.24) is 41.6 Å². The molecule has 5 aromatic rings. The minimum absolute atomic E-state index is 0.0119. The molecule has 1 aliphatic heterocycles. The predicted octanol–water partition coefficient (Wildman–Crippen LogP) is 3.56. The van der Waals surface area contributed by atoms with Gasteiger partial charge in [-0.3, -0.25) is 28.8 Å². The molecule has 4 bridgehead atoms. The molecule has 6 rings (SSSR count). The molecule has 1 aromatic heterocycles. The molecule has 2 heterocycles. The highest BCUT2D eigenvalue weighted by molar-refractivity contribution is 6.30. The van der Waals surface area contributed by atoms with Crippen molar-refractivity contribution >= 4 is 46.9 Å². The zero-order valence-corrected chi connectivity index (χ0v) is 35.5. The summed E-state index contributed by atoms with van der Waals surface area (Å²) in [4.78, 5) is 84.3. The Morgan fingerprint density at radius 2 is 1.52 bits per heavy atom. The Hall–Kier alpha value is -7.11. The van der Waals surface area contributed by atoms with Crippen LogP contribution < -0.4 is 27.0 Å². The number of rotatable bonds is 13. The van der Waals surface area contributed by atoms with Crippen LogP contribution in [0, 0.1) is 0 Å². The van der Waals surface area contributed by atoms with Gasteiger partial charge in [-0.25, -0.2) is 0 Å². The molecule has 1 aliphatic rings. The number of nitrogens with one attached hydrogen (secondary N) is 5. The van der Waals surface area contributed by atoms with Gasteiger partial charge in [0.25, 0.3) is 5.91 Å². The summed E-state index contributed by atoms with van der Waals surface area (Å²) >= 11 is 6.05. The molecule has 0 saturated heterocycles. The molecule has 0 fully saturated rings. The van der Waals surface area contributed by atoms with E-state index in [-0.39, 0.29) is 52.3 Å². The maximum Gasteiger partial charge on any atom is 0.251 e. The number of hydrogen-bond donors (Lipinski definition) is 8. The van der Waals surface area contributed by atoms with Crippen LogP contribution >= 0.6 is 11.6 Å². The molecule has 9 N–H and O–H groups in total. The Kier molecular flexibility index (Phi) is 14.5. The lowest BCUT2D eigenvalue weighted by atomic mass is 9.93. The van der Waals surface area contributed by atoms with Crippen LogP contribution in [-0.4, -0.2) is 104 Å². The monoisotopic (exact) mass is 877 g/mol. The molecule has 18 heteroatoms. The smallest absolute Gasteiger partial charge is 0.251 e. The number of Topliss-reactive ketones (excluding diaryl/α,β-unsaturated/α-hetero) is 1. The summed E-state index contributed by atoms with van der Waals surface area (Å²) in [5.41, 5.74) is 8.68. The Bertz CT molecular complexity index is 2480. The number of likely N-dealkylation sites (N-methyl/N-ethyl adjacent to an activating group) is 1. The van der Waals surface area contributed by atoms with Gasteiger partial charge in [0, 0.05) is 35.2 Å². The number of carbonyl (C=O) groups excluding carboxylic acids is 6. The molecule has 328 valence electrons. The number of nitrogens with zero attached hydrogens (tertiary/aromatic N) is 3. The second-order valence-corrected chi connectivity index (χ2v) is 15.8. The number of phenols is 2. The van der Waals surface area contributed by atoms with E-state index in [4.69, 9.17) is 17.3 Å². The van der Waals surface area contributed by atoms with Crippen molar-refractivity contribution in [2.45, 2.75) is 69.7 Å². The van der Waals surface area contributed by atoms with Crippen LogP contribution in [0.2, 0.25) is 5.02 Å². The van der Waals surface area contributed by atoms with E-state index in [9.17, 15) is 39.0 Å². The Morgan fingerprint density at radius 3 is 2.17 bits per heavy atom. The lowest BCUT2D eigenvalue weighted by molar-refractivity contribution is -0.141. The van der Waals surface area contributed by atoms with Crippen LogP contribution in [0.3, 0.4) is 0 Å². The van der Waals surface area contributed by atoms with E-state index in [0.29, 0.717) is 30.0 Å². The quantitative estimate of drug-likeness (QED) is 0.0627. The van der Waals surface area contributed by atoms with Gasteiger partial charge in [-0.1, -0.05) is 48.0 Å². The van der Waals surface area contributed by atoms with Crippen molar-refractivity contribution in [3.8, 4) is 33.8 Å². The highest BCUT2D eigenvalue weighted by atomic mass is 35.5. The number of aromatic hydroxyl groups is 2. The normalized spacial score (nSPS) is 17.3. The maximum atomic E-state index is 14.6. The molecule has 17 nitrogen and oxygen atoms in total. The molecule has 0 radical (unpaired) electrons. The lowest BCUT2D eigenvalue weighted by Crippen LogP contribution is -2.56. The van der Waals surface area contributed by atoms with Gasteiger partial charge in [0.15, 0.2) is 5.69 Å². The van der Waals surface area contributed by atoms with Crippen molar-refractivity contribution in [3.63, 3.8) is 0 Å². The number of benzene rings is 4. The van der Waals surface area contributed by atoms with E-state index in [0.717, 1.165) is 16.0 Å². The fourth-order valence-electron chi connectivity index (χ4n) is 7.26. The summed E-state index contributed by atoms with van der Waals surface area (Å²) in [6.45, 7) is 3.19. The first-order chi connectivity index (χ1) is 30.1. The molecule has 5 amide bonds. The van der Waals surface area contributed by atoms with Crippen LogP contribution in [0.1, 0.15) is 71.1 Å². The Balaban J connectivity index is 1.31. The third-order valence-electron chi connectivity index (χ3n) is 10.8. The number of unbranched alkanes of at least 4 members (excludes halogenated alkanes) is 1. The van der Waals surface area contributed by atoms with Gasteiger partial charge in [-0.05, 0) is 110 Å². The summed E-state index contributed by atoms with van der Waals surface area (Å²) in [5, 5.41) is 43.3. The van der Waals surface area contributed by atoms with Crippen molar-refractivity contribution in [2.24, 2.45) is 5.73 Å². The first-order valence-corrected chi connectivity index (χ1v) is 20.6. The van der Waals surface area contributed by atoms with E-state index < -0.39 is 65.5 Å². The molecule has 4 aromatic carbocycles. The number of aromatic amines is 1. The molecule has 0 aliphatic carbocycles. The van der Waals surface area contributed by atoms with Gasteiger partial charge in [0.2, 0.25) is 29.4 Å². The minimum Gasteiger partial charge on any atom is -0.507 e. The van der Waals surface area contributed by atoms with Crippen molar-refractivity contribution < 1.29 is 39.0 Å². The standard InChI is InChI=1S/C45H48ClN9O8/c1-24(40(58)36-23-48-54-53-36)49-43(61)35-21-26-7-17-37(56)32(20-26)33-22-30(14-18-38(33)57)39(44(62)50-25(2)41(59)52-35)55(3)45(63)34(6-4-5-19-47)51-42(60)29-10-8-27(9-11-29)28-12-15-31(46)16-13-28/h7-18,20,22-25,34-35,39,56-57H,4-6,19,21,47H2,1-3H3,(H,49,61)(H,50,62)(H,51,60)(H,52,59)(H,48,53,54). The number of ketones is 1. The largest absolute Gasteiger partial charge is 0.507 e. The lowest BCUT2D eigenvalue weighted by Gasteiger charge is -2.32. The van der Waals surface area contributed by atoms with E-state index >= 15 is 0 Å². The SMILES string of the molecule is CC1NC(=O)C(N(C)C(=O)C(CCCCN)NC(=O)c2ccc(-c3ccc(Cl)cc3)cc2)c2ccc(O)c(c2)-c2cc(ccc2O)CC(C(=O)NC(C)C(=O)c2cn[nH]n2)NC1=O. The average molecular weight is 878 g/mol. The number of nitrogens with two attached hydrogens (primary N) is 1. The van der Waals surface area contributed by atoms with Gasteiger partial charge in [0.1, 0.15) is 35.7 Å². The van der Waals surface area contributed by atoms with Gasteiger partial charge in [-0.2, -0.15) is 15.4 Å². The van der Waals surface area contributed by atoms with Crippen LogP contribution in [0.15, 0.2) is 91.1 Å². The number of hydrogen-bond acceptors (Lipinski definition) is 11. The van der Waals surface area contributed by atoms with Gasteiger partial charge in [-0.15, -0.1) is 0 Å². The number of carbonyl (C=O) groups is 6. The fraction of sp³-hybridized carbons (Fsp3) is 0.289. The van der Waals surface area contributed by atoms with Gasteiger partial charge < -0.3 is 42.1 Å². The first kappa shape index (κ1) is 45.4. The molecule has 5 atom stereocenters. The summed E-state index contributed by atoms with van der Waals surface area (Å²) < 4.78 is 0. The summed E-state index contributed by atoms with van der Waals surface area (Å²) in [6, 6.07) is 16.5. The predicted molar refractivity (Wildman–Crippen MR) is 233 cm³/mol. The van der Waals surface area contributed by atoms with E-state index in [1.165, 1.54) is 63.5 Å². The van der Waals surface area contributed by atoms with E-state index in [1.54, 1.807) is 36.4 Å². The summed E-state index contributed by atoms with van der Waals surface area (Å²) in [7, 11) is 1.38. The van der Waals surface area contributed by atoms with Gasteiger partial charge >= 0.3 is 0 Å². The number of phenolic OH excluding ortho intramolecular Hbond substituents is 2. The van der Waals surface area contributed by atoms with Crippen molar-refractivity contribution in [2.75, 3.05) is 13.6 Å². The minimum atomic E-state index is -1.45. The Morgan fingerprint density at radius 1 is 0.873 bits per heavy atom. The van der Waals surface area contributed by atoms with E-state index in [2.05, 4.69) is 36.7 Å². The molecule has 0 saturated carbocycles. The van der Waals surface area contributed by atoms with Crippen LogP contribution in [0.25, 0.3) is 22.3 Å². The number of aromatic nitrogens is 3. The maximum absolute atomic E-state index is 14.6. The first-order valence-electron chi connectivity index (χ1n) is 20.2. The number of fused-ring (bicyclic) bond motifs is 5. The summed E-state index contributed by atoms with van der Waals surface area (Å²) in [6.07, 6.45) is 2.28. The molecular weight excluding hydrogens is 830 g/mol. The zero-order valence-electron chi connectivity index (χ0n) is 34.7. The Labute approximate surface area is 367 Å². The van der Waals surface area contributed by atoms with E-state index in [1.807, 2.05) is 12.1 Å². The molecular formula is C45H48ClN9O8. The van der Waals surface area contributed by atoms with Crippen LogP contribution in [0.5, 0.6) is 11.5 Å². The van der Waals surface area contributed by atoms with Crippen LogP contribution in [0.4, 0.5) is 0 Å². The molecule has 63 heavy (non-hydrogen) atoms. The van der Waals surface area contributed by atoms with Gasteiger partial charge in [0.05, 0.1) is 12.2 Å². The third-order valence-corrected chi connectivity index (χ3v) is 11.0. The van der Waals surface area contributed by atoms with Crippen molar-refractivity contribution in [3.05, 3.63) is 119 Å². The summed E-state index contributed by atoms with van der Waals surface area (Å²) in [5.74, 6) is -4.53.